The number of anilines is 1. The first-order valence-corrected chi connectivity index (χ1v) is 10.1. The summed E-state index contributed by atoms with van der Waals surface area (Å²) in [5, 5.41) is 5.89. The average molecular weight is 432 g/mol. The predicted molar refractivity (Wildman–Crippen MR) is 126 cm³/mol. The van der Waals surface area contributed by atoms with Gasteiger partial charge in [-0.2, -0.15) is 0 Å². The van der Waals surface area contributed by atoms with Gasteiger partial charge in [0.25, 0.3) is 0 Å². The van der Waals surface area contributed by atoms with Gasteiger partial charge in [0.1, 0.15) is 11.3 Å². The lowest BCUT2D eigenvalue weighted by Crippen LogP contribution is -2.33. The smallest absolute Gasteiger partial charge is 0.250 e. The normalized spacial score (nSPS) is 11.2. The Labute approximate surface area is 185 Å². The van der Waals surface area contributed by atoms with Crippen LogP contribution in [0.2, 0.25) is 0 Å². The number of hydrogen-bond donors (Lipinski definition) is 2. The fourth-order valence-corrected chi connectivity index (χ4v) is 3.45. The largest absolute Gasteiger partial charge is 0.465 e. The summed E-state index contributed by atoms with van der Waals surface area (Å²) in [6.45, 7) is 5.99. The molecule has 0 saturated carbocycles. The molecule has 1 amide bonds. The minimum absolute atomic E-state index is 0.193. The summed E-state index contributed by atoms with van der Waals surface area (Å²) in [4.78, 5) is 16.7. The van der Waals surface area contributed by atoms with E-state index in [1.54, 1.807) is 24.5 Å². The highest BCUT2D eigenvalue weighted by Gasteiger charge is 2.13. The maximum absolute atomic E-state index is 12.1. The summed E-state index contributed by atoms with van der Waals surface area (Å²) in [5.74, 6) is 0.761. The SMILES string of the molecule is Cc1cc(C)c2oc(-c3ccc(C)c(NC(=S)NC(=O)/C=C/c4ccco4)c3)nc2c1. The van der Waals surface area contributed by atoms with E-state index in [9.17, 15) is 4.79 Å². The van der Waals surface area contributed by atoms with E-state index in [4.69, 9.17) is 21.1 Å². The van der Waals surface area contributed by atoms with Crippen molar-refractivity contribution in [3.05, 3.63) is 77.3 Å². The van der Waals surface area contributed by atoms with Crippen molar-refractivity contribution in [3.63, 3.8) is 0 Å². The first kappa shape index (κ1) is 20.6. The third-order valence-corrected chi connectivity index (χ3v) is 4.94. The van der Waals surface area contributed by atoms with Crippen LogP contribution in [0.25, 0.3) is 28.6 Å². The lowest BCUT2D eigenvalue weighted by atomic mass is 10.1. The van der Waals surface area contributed by atoms with Crippen molar-refractivity contribution in [2.75, 3.05) is 5.32 Å². The number of hydrogen-bond acceptors (Lipinski definition) is 5. The van der Waals surface area contributed by atoms with E-state index in [2.05, 4.69) is 21.7 Å². The van der Waals surface area contributed by atoms with Crippen LogP contribution < -0.4 is 10.6 Å². The molecule has 7 heteroatoms. The molecule has 0 spiro atoms. The molecule has 0 aliphatic heterocycles. The first-order valence-electron chi connectivity index (χ1n) is 9.71. The second-order valence-corrected chi connectivity index (χ2v) is 7.68. The van der Waals surface area contributed by atoms with E-state index >= 15 is 0 Å². The van der Waals surface area contributed by atoms with Gasteiger partial charge in [-0.25, -0.2) is 4.98 Å². The molecule has 2 N–H and O–H groups in total. The zero-order valence-corrected chi connectivity index (χ0v) is 18.2. The van der Waals surface area contributed by atoms with E-state index in [0.717, 1.165) is 39.0 Å². The molecule has 0 aliphatic rings. The van der Waals surface area contributed by atoms with Gasteiger partial charge in [0.2, 0.25) is 11.8 Å². The quantitative estimate of drug-likeness (QED) is 0.326. The van der Waals surface area contributed by atoms with Crippen LogP contribution in [0.15, 0.2) is 63.6 Å². The van der Waals surface area contributed by atoms with Gasteiger partial charge < -0.3 is 14.2 Å². The summed E-state index contributed by atoms with van der Waals surface area (Å²) in [6.07, 6.45) is 4.47. The van der Waals surface area contributed by atoms with Crippen LogP contribution in [0.3, 0.4) is 0 Å². The summed E-state index contributed by atoms with van der Waals surface area (Å²) in [5.41, 5.74) is 6.33. The molecule has 0 fully saturated rings. The molecular weight excluding hydrogens is 410 g/mol. The lowest BCUT2D eigenvalue weighted by molar-refractivity contribution is -0.115. The molecule has 2 aromatic heterocycles. The standard InChI is InChI=1S/C24H21N3O3S/c1-14-11-16(3)22-20(12-14)25-23(30-22)17-7-6-15(2)19(13-17)26-24(31)27-21(28)9-8-18-5-4-10-29-18/h4-13H,1-3H3,(H2,26,27,28,31)/b9-8+. The van der Waals surface area contributed by atoms with E-state index in [-0.39, 0.29) is 11.0 Å². The summed E-state index contributed by atoms with van der Waals surface area (Å²) in [6, 6.07) is 13.4. The molecule has 0 aliphatic carbocycles. The van der Waals surface area contributed by atoms with Gasteiger partial charge in [-0.3, -0.25) is 10.1 Å². The fraction of sp³-hybridized carbons (Fsp3) is 0.125. The third-order valence-electron chi connectivity index (χ3n) is 4.73. The Kier molecular flexibility index (Phi) is 5.68. The van der Waals surface area contributed by atoms with Gasteiger partial charge in [-0.15, -0.1) is 0 Å². The molecule has 0 radical (unpaired) electrons. The van der Waals surface area contributed by atoms with Gasteiger partial charge in [0.05, 0.1) is 6.26 Å². The molecule has 0 saturated heterocycles. The van der Waals surface area contributed by atoms with Crippen molar-refractivity contribution >= 4 is 46.1 Å². The molecular formula is C24H21N3O3S. The Morgan fingerprint density at radius 3 is 2.71 bits per heavy atom. The van der Waals surface area contributed by atoms with Crippen LogP contribution in [0, 0.1) is 20.8 Å². The monoisotopic (exact) mass is 431 g/mol. The number of thiocarbonyl (C=S) groups is 1. The zero-order chi connectivity index (χ0) is 22.0. The summed E-state index contributed by atoms with van der Waals surface area (Å²) in [7, 11) is 0. The highest BCUT2D eigenvalue weighted by Crippen LogP contribution is 2.30. The van der Waals surface area contributed by atoms with Crippen LogP contribution >= 0.6 is 12.2 Å². The number of furan rings is 1. The number of fused-ring (bicyclic) bond motifs is 1. The number of carbonyl (C=O) groups is 1. The molecule has 2 heterocycles. The van der Waals surface area contributed by atoms with E-state index < -0.39 is 0 Å². The summed E-state index contributed by atoms with van der Waals surface area (Å²) >= 11 is 5.29. The van der Waals surface area contributed by atoms with Crippen molar-refractivity contribution in [1.82, 2.24) is 10.3 Å². The second-order valence-electron chi connectivity index (χ2n) is 7.27. The van der Waals surface area contributed by atoms with Crippen molar-refractivity contribution < 1.29 is 13.6 Å². The van der Waals surface area contributed by atoms with Crippen LogP contribution in [-0.4, -0.2) is 16.0 Å². The van der Waals surface area contributed by atoms with Crippen molar-refractivity contribution in [3.8, 4) is 11.5 Å². The number of aromatic nitrogens is 1. The molecule has 0 bridgehead atoms. The number of benzene rings is 2. The third kappa shape index (κ3) is 4.73. The van der Waals surface area contributed by atoms with Crippen molar-refractivity contribution in [2.24, 2.45) is 0 Å². The second kappa shape index (κ2) is 8.57. The first-order chi connectivity index (χ1) is 14.9. The van der Waals surface area contributed by atoms with Crippen molar-refractivity contribution in [1.29, 1.82) is 0 Å². The van der Waals surface area contributed by atoms with Crippen LogP contribution in [0.1, 0.15) is 22.5 Å². The summed E-state index contributed by atoms with van der Waals surface area (Å²) < 4.78 is 11.2. The molecule has 6 nitrogen and oxygen atoms in total. The molecule has 0 unspecified atom stereocenters. The average Bonchev–Trinajstić information content (AvgIpc) is 3.38. The van der Waals surface area contributed by atoms with E-state index in [1.165, 1.54) is 6.08 Å². The highest BCUT2D eigenvalue weighted by atomic mass is 32.1. The number of nitrogens with zero attached hydrogens (tertiary/aromatic N) is 1. The Morgan fingerprint density at radius 1 is 1.10 bits per heavy atom. The van der Waals surface area contributed by atoms with Crippen LogP contribution in [0.4, 0.5) is 5.69 Å². The topological polar surface area (TPSA) is 80.3 Å². The van der Waals surface area contributed by atoms with Gasteiger partial charge in [0.15, 0.2) is 10.7 Å². The van der Waals surface area contributed by atoms with Gasteiger partial charge in [-0.1, -0.05) is 12.1 Å². The number of carbonyl (C=O) groups excluding carboxylic acids is 1. The van der Waals surface area contributed by atoms with E-state index in [0.29, 0.717) is 11.7 Å². The number of rotatable bonds is 4. The number of nitrogens with one attached hydrogen (secondary N) is 2. The van der Waals surface area contributed by atoms with Gasteiger partial charge >= 0.3 is 0 Å². The molecule has 156 valence electrons. The number of aryl methyl sites for hydroxylation is 3. The fourth-order valence-electron chi connectivity index (χ4n) is 3.24. The Bertz CT molecular complexity index is 1300. The van der Waals surface area contributed by atoms with E-state index in [1.807, 2.05) is 45.0 Å². The Morgan fingerprint density at radius 2 is 1.94 bits per heavy atom. The minimum atomic E-state index is -0.354. The lowest BCUT2D eigenvalue weighted by Gasteiger charge is -2.11. The number of amides is 1. The maximum Gasteiger partial charge on any atom is 0.250 e. The number of oxazole rings is 1. The highest BCUT2D eigenvalue weighted by molar-refractivity contribution is 7.80. The Hall–Kier alpha value is -3.71. The van der Waals surface area contributed by atoms with Gasteiger partial charge in [0, 0.05) is 17.3 Å². The molecule has 4 aromatic rings. The Balaban J connectivity index is 1.51. The van der Waals surface area contributed by atoms with Crippen LogP contribution in [-0.2, 0) is 4.79 Å². The van der Waals surface area contributed by atoms with Crippen molar-refractivity contribution in [2.45, 2.75) is 20.8 Å². The predicted octanol–water partition coefficient (Wildman–Crippen LogP) is 5.54. The minimum Gasteiger partial charge on any atom is -0.465 e. The zero-order valence-electron chi connectivity index (χ0n) is 17.4. The molecule has 2 aromatic carbocycles. The van der Waals surface area contributed by atoms with Crippen LogP contribution in [0.5, 0.6) is 0 Å². The molecule has 0 atom stereocenters. The van der Waals surface area contributed by atoms with Gasteiger partial charge in [-0.05, 0) is 86.1 Å². The molecule has 4 rings (SSSR count). The molecule has 31 heavy (non-hydrogen) atoms. The maximum atomic E-state index is 12.1.